The average molecular weight is 280 g/mol. The molecule has 1 unspecified atom stereocenters. The highest BCUT2D eigenvalue weighted by molar-refractivity contribution is 5.81. The van der Waals surface area contributed by atoms with Gasteiger partial charge in [0.2, 0.25) is 0 Å². The molecule has 1 atom stereocenters. The molecule has 108 valence electrons. The monoisotopic (exact) mass is 280 g/mol. The van der Waals surface area contributed by atoms with Crippen molar-refractivity contribution >= 4 is 10.9 Å². The third-order valence-corrected chi connectivity index (χ3v) is 4.05. The Labute approximate surface area is 124 Å². The highest BCUT2D eigenvalue weighted by atomic mass is 15.3. The summed E-state index contributed by atoms with van der Waals surface area (Å²) in [6.07, 6.45) is 3.79. The van der Waals surface area contributed by atoms with Crippen LogP contribution in [-0.4, -0.2) is 14.8 Å². The number of hydrogen-bond acceptors (Lipinski definition) is 3. The van der Waals surface area contributed by atoms with Crippen LogP contribution in [0.5, 0.6) is 0 Å². The summed E-state index contributed by atoms with van der Waals surface area (Å²) in [5.41, 5.74) is 4.74. The molecule has 4 heteroatoms. The van der Waals surface area contributed by atoms with Crippen molar-refractivity contribution in [2.45, 2.75) is 26.4 Å². The third-order valence-electron chi connectivity index (χ3n) is 4.05. The molecule has 1 N–H and O–H groups in total. The molecule has 0 aliphatic carbocycles. The Morgan fingerprint density at radius 3 is 2.81 bits per heavy atom. The minimum absolute atomic E-state index is 0.262. The van der Waals surface area contributed by atoms with Crippen LogP contribution in [0.4, 0.5) is 0 Å². The maximum Gasteiger partial charge on any atom is 0.0746 e. The van der Waals surface area contributed by atoms with Crippen molar-refractivity contribution in [3.05, 3.63) is 59.5 Å². The predicted molar refractivity (Wildman–Crippen MR) is 84.9 cm³/mol. The number of aromatic nitrogens is 3. The van der Waals surface area contributed by atoms with E-state index in [-0.39, 0.29) is 6.04 Å². The minimum atomic E-state index is 0.262. The molecule has 0 saturated heterocycles. The SMILES string of the molecule is Cc1c(C(C)NCc2cccc3cccnc23)cnn1C. The van der Waals surface area contributed by atoms with Crippen LogP contribution in [0.2, 0.25) is 0 Å². The zero-order valence-corrected chi connectivity index (χ0v) is 12.7. The molecular weight excluding hydrogens is 260 g/mol. The Morgan fingerprint density at radius 2 is 2.05 bits per heavy atom. The van der Waals surface area contributed by atoms with Gasteiger partial charge in [-0.3, -0.25) is 9.67 Å². The Hall–Kier alpha value is -2.20. The van der Waals surface area contributed by atoms with Gasteiger partial charge in [0.1, 0.15) is 0 Å². The molecule has 0 saturated carbocycles. The van der Waals surface area contributed by atoms with Gasteiger partial charge in [0.05, 0.1) is 11.7 Å². The molecule has 2 heterocycles. The highest BCUT2D eigenvalue weighted by Crippen LogP contribution is 2.19. The van der Waals surface area contributed by atoms with Crippen LogP contribution < -0.4 is 5.32 Å². The number of para-hydroxylation sites is 1. The fraction of sp³-hybridized carbons (Fsp3) is 0.294. The van der Waals surface area contributed by atoms with Crippen molar-refractivity contribution in [1.29, 1.82) is 0 Å². The van der Waals surface area contributed by atoms with Crippen molar-refractivity contribution in [2.75, 3.05) is 0 Å². The van der Waals surface area contributed by atoms with Crippen molar-refractivity contribution in [1.82, 2.24) is 20.1 Å². The average Bonchev–Trinajstić information content (AvgIpc) is 2.84. The molecule has 21 heavy (non-hydrogen) atoms. The summed E-state index contributed by atoms with van der Waals surface area (Å²) in [7, 11) is 1.97. The second kappa shape index (κ2) is 5.66. The molecule has 0 aliphatic heterocycles. The number of pyridine rings is 1. The topological polar surface area (TPSA) is 42.7 Å². The van der Waals surface area contributed by atoms with Gasteiger partial charge < -0.3 is 5.32 Å². The van der Waals surface area contributed by atoms with Crippen LogP contribution in [0.25, 0.3) is 10.9 Å². The van der Waals surface area contributed by atoms with Gasteiger partial charge >= 0.3 is 0 Å². The first kappa shape index (κ1) is 13.8. The third kappa shape index (κ3) is 2.67. The number of hydrogen-bond donors (Lipinski definition) is 1. The Kier molecular flexibility index (Phi) is 3.71. The second-order valence-electron chi connectivity index (χ2n) is 5.40. The molecule has 0 amide bonds. The van der Waals surface area contributed by atoms with E-state index in [0.29, 0.717) is 0 Å². The van der Waals surface area contributed by atoms with Gasteiger partial charge in [0.15, 0.2) is 0 Å². The highest BCUT2D eigenvalue weighted by Gasteiger charge is 2.12. The van der Waals surface area contributed by atoms with Gasteiger partial charge in [-0.05, 0) is 25.5 Å². The molecule has 0 bridgehead atoms. The van der Waals surface area contributed by atoms with Crippen LogP contribution >= 0.6 is 0 Å². The van der Waals surface area contributed by atoms with Gasteiger partial charge in [-0.15, -0.1) is 0 Å². The van der Waals surface area contributed by atoms with Crippen LogP contribution in [0.15, 0.2) is 42.7 Å². The number of nitrogens with one attached hydrogen (secondary N) is 1. The molecule has 0 spiro atoms. The summed E-state index contributed by atoms with van der Waals surface area (Å²) < 4.78 is 1.91. The van der Waals surface area contributed by atoms with Gasteiger partial charge in [-0.2, -0.15) is 5.10 Å². The summed E-state index contributed by atoms with van der Waals surface area (Å²) >= 11 is 0. The smallest absolute Gasteiger partial charge is 0.0746 e. The number of nitrogens with zero attached hydrogens (tertiary/aromatic N) is 3. The predicted octanol–water partition coefficient (Wildman–Crippen LogP) is 3.13. The molecule has 1 aromatic carbocycles. The number of aryl methyl sites for hydroxylation is 1. The van der Waals surface area contributed by atoms with Crippen molar-refractivity contribution < 1.29 is 0 Å². The van der Waals surface area contributed by atoms with Gasteiger partial charge in [-0.1, -0.05) is 24.3 Å². The molecule has 0 fully saturated rings. The summed E-state index contributed by atoms with van der Waals surface area (Å²) in [5.74, 6) is 0. The first-order valence-electron chi connectivity index (χ1n) is 7.21. The van der Waals surface area contributed by atoms with E-state index >= 15 is 0 Å². The van der Waals surface area contributed by atoms with Crippen LogP contribution in [0, 0.1) is 6.92 Å². The summed E-state index contributed by atoms with van der Waals surface area (Å²) in [5, 5.41) is 9.06. The zero-order valence-electron chi connectivity index (χ0n) is 12.7. The normalized spacial score (nSPS) is 12.7. The quantitative estimate of drug-likeness (QED) is 0.798. The molecule has 3 aromatic rings. The lowest BCUT2D eigenvalue weighted by molar-refractivity contribution is 0.572. The first-order chi connectivity index (χ1) is 10.2. The molecule has 0 radical (unpaired) electrons. The Bertz CT molecular complexity index is 755. The van der Waals surface area contributed by atoms with Crippen molar-refractivity contribution in [2.24, 2.45) is 7.05 Å². The van der Waals surface area contributed by atoms with E-state index in [0.717, 1.165) is 12.1 Å². The van der Waals surface area contributed by atoms with E-state index in [1.54, 1.807) is 0 Å². The fourth-order valence-corrected chi connectivity index (χ4v) is 2.62. The van der Waals surface area contributed by atoms with Crippen LogP contribution in [0.1, 0.15) is 29.8 Å². The molecule has 2 aromatic heterocycles. The first-order valence-corrected chi connectivity index (χ1v) is 7.21. The van der Waals surface area contributed by atoms with Gasteiger partial charge in [-0.25, -0.2) is 0 Å². The fourth-order valence-electron chi connectivity index (χ4n) is 2.62. The van der Waals surface area contributed by atoms with E-state index in [9.17, 15) is 0 Å². The summed E-state index contributed by atoms with van der Waals surface area (Å²) in [4.78, 5) is 4.50. The largest absolute Gasteiger partial charge is 0.306 e. The summed E-state index contributed by atoms with van der Waals surface area (Å²) in [6, 6.07) is 10.6. The molecule has 4 nitrogen and oxygen atoms in total. The van der Waals surface area contributed by atoms with E-state index in [2.05, 4.69) is 53.5 Å². The number of rotatable bonds is 4. The zero-order chi connectivity index (χ0) is 14.8. The maximum absolute atomic E-state index is 4.50. The van der Waals surface area contributed by atoms with E-state index in [4.69, 9.17) is 0 Å². The lowest BCUT2D eigenvalue weighted by atomic mass is 10.1. The number of benzene rings is 1. The molecule has 0 aliphatic rings. The van der Waals surface area contributed by atoms with Crippen LogP contribution in [0.3, 0.4) is 0 Å². The lowest BCUT2D eigenvalue weighted by Crippen LogP contribution is -2.19. The van der Waals surface area contributed by atoms with Gasteiger partial charge in [0, 0.05) is 42.5 Å². The maximum atomic E-state index is 4.50. The lowest BCUT2D eigenvalue weighted by Gasteiger charge is -2.14. The van der Waals surface area contributed by atoms with E-state index in [1.807, 2.05) is 30.2 Å². The van der Waals surface area contributed by atoms with Crippen LogP contribution in [-0.2, 0) is 13.6 Å². The van der Waals surface area contributed by atoms with E-state index in [1.165, 1.54) is 22.2 Å². The standard InChI is InChI=1S/C17H20N4/c1-12(16-11-20-21(3)13(16)2)19-10-15-7-4-6-14-8-5-9-18-17(14)15/h4-9,11-12,19H,10H2,1-3H3. The molecular formula is C17H20N4. The Morgan fingerprint density at radius 1 is 1.24 bits per heavy atom. The summed E-state index contributed by atoms with van der Waals surface area (Å²) in [6.45, 7) is 5.06. The minimum Gasteiger partial charge on any atom is -0.306 e. The van der Waals surface area contributed by atoms with Crippen molar-refractivity contribution in [3.63, 3.8) is 0 Å². The van der Waals surface area contributed by atoms with Gasteiger partial charge in [0.25, 0.3) is 0 Å². The number of fused-ring (bicyclic) bond motifs is 1. The second-order valence-corrected chi connectivity index (χ2v) is 5.40. The Balaban J connectivity index is 1.79. The molecule has 3 rings (SSSR count). The van der Waals surface area contributed by atoms with Crippen molar-refractivity contribution in [3.8, 4) is 0 Å². The van der Waals surface area contributed by atoms with E-state index < -0.39 is 0 Å².